The fourth-order valence-corrected chi connectivity index (χ4v) is 1.81. The Morgan fingerprint density at radius 2 is 1.88 bits per heavy atom. The first-order valence-corrected chi connectivity index (χ1v) is 5.38. The van der Waals surface area contributed by atoms with Gasteiger partial charge in [-0.05, 0) is 25.1 Å². The summed E-state index contributed by atoms with van der Waals surface area (Å²) < 4.78 is 0. The molecule has 0 spiro atoms. The molecular formula is C11H9Cl2N3. The zero-order valence-corrected chi connectivity index (χ0v) is 10.0. The van der Waals surface area contributed by atoms with E-state index in [9.17, 15) is 0 Å². The van der Waals surface area contributed by atoms with Crippen molar-refractivity contribution in [1.29, 1.82) is 0 Å². The highest BCUT2D eigenvalue weighted by Gasteiger charge is 2.07. The molecule has 82 valence electrons. The monoisotopic (exact) mass is 253 g/mol. The molecule has 0 aliphatic carbocycles. The van der Waals surface area contributed by atoms with E-state index in [0.717, 1.165) is 5.56 Å². The standard InChI is InChI=1S/C11H9Cl2N3/c1-6-15-10(5-11(14)16-6)8-4-7(12)2-3-9(8)13/h2-5H,1H3,(H2,14,15,16). The van der Waals surface area contributed by atoms with E-state index in [1.807, 2.05) is 0 Å². The molecule has 1 heterocycles. The van der Waals surface area contributed by atoms with Crippen LogP contribution in [0.1, 0.15) is 5.82 Å². The van der Waals surface area contributed by atoms with Gasteiger partial charge in [0.25, 0.3) is 0 Å². The van der Waals surface area contributed by atoms with Crippen molar-refractivity contribution in [2.45, 2.75) is 6.92 Å². The van der Waals surface area contributed by atoms with Gasteiger partial charge in [0.2, 0.25) is 0 Å². The van der Waals surface area contributed by atoms with Crippen molar-refractivity contribution < 1.29 is 0 Å². The number of nitrogens with zero attached hydrogens (tertiary/aromatic N) is 2. The molecule has 0 aliphatic rings. The molecule has 0 amide bonds. The zero-order chi connectivity index (χ0) is 11.7. The molecule has 0 fully saturated rings. The van der Waals surface area contributed by atoms with Crippen molar-refractivity contribution in [1.82, 2.24) is 9.97 Å². The first-order valence-electron chi connectivity index (χ1n) is 4.63. The fraction of sp³-hybridized carbons (Fsp3) is 0.0909. The van der Waals surface area contributed by atoms with Crippen LogP contribution >= 0.6 is 23.2 Å². The van der Waals surface area contributed by atoms with E-state index >= 15 is 0 Å². The second-order valence-corrected chi connectivity index (χ2v) is 4.19. The summed E-state index contributed by atoms with van der Waals surface area (Å²) in [4.78, 5) is 8.27. The Morgan fingerprint density at radius 1 is 1.12 bits per heavy atom. The number of hydrogen-bond donors (Lipinski definition) is 1. The average Bonchev–Trinajstić information content (AvgIpc) is 2.20. The highest BCUT2D eigenvalue weighted by atomic mass is 35.5. The summed E-state index contributed by atoms with van der Waals surface area (Å²) in [7, 11) is 0. The lowest BCUT2D eigenvalue weighted by atomic mass is 10.1. The lowest BCUT2D eigenvalue weighted by molar-refractivity contribution is 1.07. The van der Waals surface area contributed by atoms with Crippen molar-refractivity contribution in [2.24, 2.45) is 0 Å². The summed E-state index contributed by atoms with van der Waals surface area (Å²) >= 11 is 12.0. The van der Waals surface area contributed by atoms with Gasteiger partial charge in [-0.2, -0.15) is 0 Å². The van der Waals surface area contributed by atoms with Crippen LogP contribution in [0.2, 0.25) is 10.0 Å². The number of aryl methyl sites for hydroxylation is 1. The summed E-state index contributed by atoms with van der Waals surface area (Å²) in [5.41, 5.74) is 7.09. The van der Waals surface area contributed by atoms with Crippen molar-refractivity contribution in [2.75, 3.05) is 5.73 Å². The van der Waals surface area contributed by atoms with Crippen LogP contribution in [0, 0.1) is 6.92 Å². The van der Waals surface area contributed by atoms with Crippen LogP contribution in [-0.2, 0) is 0 Å². The smallest absolute Gasteiger partial charge is 0.128 e. The Hall–Kier alpha value is -1.32. The van der Waals surface area contributed by atoms with E-state index < -0.39 is 0 Å². The minimum Gasteiger partial charge on any atom is -0.384 e. The van der Waals surface area contributed by atoms with Gasteiger partial charge in [-0.3, -0.25) is 0 Å². The molecule has 1 aromatic heterocycles. The van der Waals surface area contributed by atoms with Crippen LogP contribution in [0.25, 0.3) is 11.3 Å². The normalized spacial score (nSPS) is 10.4. The molecule has 1 aromatic carbocycles. The SMILES string of the molecule is Cc1nc(N)cc(-c2cc(Cl)ccc2Cl)n1. The van der Waals surface area contributed by atoms with Gasteiger partial charge in [-0.25, -0.2) is 9.97 Å². The number of anilines is 1. The molecule has 2 N–H and O–H groups in total. The average molecular weight is 254 g/mol. The van der Waals surface area contributed by atoms with Crippen LogP contribution in [0.15, 0.2) is 24.3 Å². The number of nitrogens with two attached hydrogens (primary N) is 1. The third kappa shape index (κ3) is 2.26. The maximum absolute atomic E-state index is 6.08. The molecule has 5 heteroatoms. The molecule has 0 atom stereocenters. The van der Waals surface area contributed by atoms with Crippen molar-refractivity contribution in [3.63, 3.8) is 0 Å². The highest BCUT2D eigenvalue weighted by Crippen LogP contribution is 2.29. The van der Waals surface area contributed by atoms with Crippen molar-refractivity contribution in [3.8, 4) is 11.3 Å². The molecule has 0 saturated carbocycles. The van der Waals surface area contributed by atoms with Gasteiger partial charge in [-0.1, -0.05) is 23.2 Å². The van der Waals surface area contributed by atoms with Gasteiger partial charge < -0.3 is 5.73 Å². The van der Waals surface area contributed by atoms with E-state index in [-0.39, 0.29) is 0 Å². The van der Waals surface area contributed by atoms with Crippen LogP contribution in [0.4, 0.5) is 5.82 Å². The molecule has 0 aliphatic heterocycles. The first-order chi connectivity index (χ1) is 7.56. The maximum atomic E-state index is 6.08. The lowest BCUT2D eigenvalue weighted by Gasteiger charge is -2.06. The van der Waals surface area contributed by atoms with Gasteiger partial charge in [0.05, 0.1) is 10.7 Å². The van der Waals surface area contributed by atoms with Gasteiger partial charge in [0, 0.05) is 16.7 Å². The van der Waals surface area contributed by atoms with Gasteiger partial charge in [0.15, 0.2) is 0 Å². The quantitative estimate of drug-likeness (QED) is 0.849. The summed E-state index contributed by atoms with van der Waals surface area (Å²) in [5.74, 6) is 1.02. The minimum atomic E-state index is 0.415. The summed E-state index contributed by atoms with van der Waals surface area (Å²) in [6, 6.07) is 6.88. The van der Waals surface area contributed by atoms with Crippen LogP contribution in [-0.4, -0.2) is 9.97 Å². The predicted octanol–water partition coefficient (Wildman–Crippen LogP) is 3.34. The Bertz CT molecular complexity index is 520. The van der Waals surface area contributed by atoms with E-state index in [1.54, 1.807) is 31.2 Å². The van der Waals surface area contributed by atoms with Gasteiger partial charge >= 0.3 is 0 Å². The molecular weight excluding hydrogens is 245 g/mol. The topological polar surface area (TPSA) is 51.8 Å². The molecule has 0 radical (unpaired) electrons. The van der Waals surface area contributed by atoms with Crippen LogP contribution < -0.4 is 5.73 Å². The minimum absolute atomic E-state index is 0.415. The third-order valence-corrected chi connectivity index (χ3v) is 2.63. The van der Waals surface area contributed by atoms with Crippen molar-refractivity contribution in [3.05, 3.63) is 40.1 Å². The maximum Gasteiger partial charge on any atom is 0.128 e. The van der Waals surface area contributed by atoms with E-state index in [2.05, 4.69) is 9.97 Å². The third-order valence-electron chi connectivity index (χ3n) is 2.06. The molecule has 0 unspecified atom stereocenters. The van der Waals surface area contributed by atoms with Crippen LogP contribution in [0.5, 0.6) is 0 Å². The summed E-state index contributed by atoms with van der Waals surface area (Å²) in [6.45, 7) is 1.78. The lowest BCUT2D eigenvalue weighted by Crippen LogP contribution is -1.97. The number of nitrogen functional groups attached to an aromatic ring is 1. The molecule has 0 saturated heterocycles. The zero-order valence-electron chi connectivity index (χ0n) is 8.54. The Morgan fingerprint density at radius 3 is 2.56 bits per heavy atom. The van der Waals surface area contributed by atoms with E-state index in [4.69, 9.17) is 28.9 Å². The molecule has 16 heavy (non-hydrogen) atoms. The Labute approximate surface area is 103 Å². The largest absolute Gasteiger partial charge is 0.384 e. The highest BCUT2D eigenvalue weighted by molar-refractivity contribution is 6.35. The Kier molecular flexibility index (Phi) is 2.99. The van der Waals surface area contributed by atoms with Gasteiger partial charge in [-0.15, -0.1) is 0 Å². The number of halogens is 2. The molecule has 3 nitrogen and oxygen atoms in total. The van der Waals surface area contributed by atoms with E-state index in [1.165, 1.54) is 0 Å². The first kappa shape index (κ1) is 11.2. The predicted molar refractivity (Wildman–Crippen MR) is 66.6 cm³/mol. The molecule has 2 rings (SSSR count). The second kappa shape index (κ2) is 4.28. The number of rotatable bonds is 1. The summed E-state index contributed by atoms with van der Waals surface area (Å²) in [5, 5.41) is 1.19. The second-order valence-electron chi connectivity index (χ2n) is 3.35. The van der Waals surface area contributed by atoms with Gasteiger partial charge in [0.1, 0.15) is 11.6 Å². The number of aromatic nitrogens is 2. The number of hydrogen-bond acceptors (Lipinski definition) is 3. The molecule has 0 bridgehead atoms. The van der Waals surface area contributed by atoms with E-state index in [0.29, 0.717) is 27.4 Å². The molecule has 2 aromatic rings. The summed E-state index contributed by atoms with van der Waals surface area (Å²) in [6.07, 6.45) is 0. The number of benzene rings is 1. The Balaban J connectivity index is 2.62. The van der Waals surface area contributed by atoms with Crippen LogP contribution in [0.3, 0.4) is 0 Å². The van der Waals surface area contributed by atoms with Crippen molar-refractivity contribution >= 4 is 29.0 Å². The fourth-order valence-electron chi connectivity index (χ4n) is 1.42.